The number of nitrogens with zero attached hydrogens (tertiary/aromatic N) is 5. The van der Waals surface area contributed by atoms with E-state index in [4.69, 9.17) is 14.0 Å². The van der Waals surface area contributed by atoms with Crippen LogP contribution in [0.5, 0.6) is 5.75 Å². The summed E-state index contributed by atoms with van der Waals surface area (Å²) in [4.78, 5) is 102. The summed E-state index contributed by atoms with van der Waals surface area (Å²) in [6, 6.07) is 26.2. The van der Waals surface area contributed by atoms with E-state index in [0.29, 0.717) is 60.3 Å². The number of halogens is 1. The summed E-state index contributed by atoms with van der Waals surface area (Å²) in [5.74, 6) is -4.57. The molecule has 0 aliphatic carbocycles. The highest BCUT2D eigenvalue weighted by Gasteiger charge is 2.49. The Hall–Kier alpha value is -7.03. The second-order valence-electron chi connectivity index (χ2n) is 24.4. The zero-order valence-corrected chi connectivity index (χ0v) is 50.9. The van der Waals surface area contributed by atoms with Crippen LogP contribution in [-0.4, -0.2) is 123 Å². The number of hydrogen-bond donors (Lipinski definition) is 3. The molecule has 85 heavy (non-hydrogen) atoms. The van der Waals surface area contributed by atoms with Crippen LogP contribution in [0.15, 0.2) is 108 Å². The number of fused-ring (bicyclic) bond motifs is 2. The van der Waals surface area contributed by atoms with Crippen LogP contribution >= 0.6 is 18.9 Å². The Balaban J connectivity index is 0.847. The van der Waals surface area contributed by atoms with Crippen LogP contribution in [0.25, 0.3) is 21.1 Å². The monoisotopic (exact) mass is 1200 g/mol. The van der Waals surface area contributed by atoms with Crippen molar-refractivity contribution >= 4 is 75.5 Å². The average Bonchev–Trinajstić information content (AvgIpc) is 3.78. The third-order valence-corrected chi connectivity index (χ3v) is 20.1. The molecule has 4 aliphatic heterocycles. The van der Waals surface area contributed by atoms with Gasteiger partial charge in [0, 0.05) is 37.8 Å². The van der Waals surface area contributed by atoms with Gasteiger partial charge in [-0.05, 0) is 148 Å². The van der Waals surface area contributed by atoms with Gasteiger partial charge in [-0.1, -0.05) is 81.4 Å². The number of nitrogens with one attached hydrogen (secondary N) is 3. The molecular weight excluding hydrogens is 1130 g/mol. The molecule has 452 valence electrons. The van der Waals surface area contributed by atoms with Gasteiger partial charge < -0.3 is 29.1 Å². The zero-order valence-electron chi connectivity index (χ0n) is 49.2. The van der Waals surface area contributed by atoms with Crippen molar-refractivity contribution in [2.24, 2.45) is 24.3 Å². The van der Waals surface area contributed by atoms with Crippen molar-refractivity contribution in [3.63, 3.8) is 0 Å². The van der Waals surface area contributed by atoms with Crippen LogP contribution in [-0.2, 0) is 51.6 Å². The first kappa shape index (κ1) is 61.1. The number of hydrogen-bond acceptors (Lipinski definition) is 13. The van der Waals surface area contributed by atoms with Gasteiger partial charge in [0.05, 0.1) is 35.2 Å². The largest absolute Gasteiger partial charge is 0.462 e. The lowest BCUT2D eigenvalue weighted by Crippen LogP contribution is -2.59. The molecule has 0 saturated carbocycles. The number of ether oxygens (including phenoxy) is 2. The summed E-state index contributed by atoms with van der Waals surface area (Å²) < 4.78 is 52.5. The molecular formula is C63H76FN8O11PS. The zero-order chi connectivity index (χ0) is 60.5. The predicted octanol–water partition coefficient (Wildman–Crippen LogP) is 8.97. The molecule has 22 heteroatoms. The van der Waals surface area contributed by atoms with E-state index in [2.05, 4.69) is 20.6 Å². The topological polar surface area (TPSA) is 220 Å². The van der Waals surface area contributed by atoms with Gasteiger partial charge >= 0.3 is 19.2 Å². The van der Waals surface area contributed by atoms with Crippen molar-refractivity contribution < 1.29 is 51.7 Å². The fraction of sp³-hybridized carbons (Fsp3) is 0.476. The highest BCUT2D eigenvalue weighted by Crippen LogP contribution is 2.58. The molecule has 4 aliphatic rings. The Morgan fingerprint density at radius 2 is 1.58 bits per heavy atom. The Bertz CT molecular complexity index is 3580. The Kier molecular flexibility index (Phi) is 18.3. The number of carbonyl (C=O) groups excluding carboxylic acids is 6. The molecule has 5 amide bonds. The molecule has 4 fully saturated rings. The van der Waals surface area contributed by atoms with Gasteiger partial charge in [-0.15, -0.1) is 11.3 Å². The van der Waals surface area contributed by atoms with Crippen LogP contribution in [0.4, 0.5) is 4.39 Å². The third-order valence-electron chi connectivity index (χ3n) is 16.8. The van der Waals surface area contributed by atoms with E-state index >= 15 is 14.0 Å². The smallest absolute Gasteiger partial charge is 0.355 e. The number of imide groups is 1. The molecule has 0 bridgehead atoms. The first-order valence-electron chi connectivity index (χ1n) is 29.4. The lowest BCUT2D eigenvalue weighted by Gasteiger charge is -2.40. The standard InChI is InChI=1S/C63H76FN8O11PS/c1-38(2)82-61(78)39(3)67-84(80,83-46-16-12-9-13-17-46)56(64)44-19-22-51-45(34-44)35-52(85-51)58(75)66-55(63(4,5)6)60(77)71-29-26-43(54(71)59(76)70-30-31-81-50(37-70)42-14-10-8-11-15-42)32-40-24-27-69(28-25-40)36-41-18-20-47-49(33-41)68(7)62(79)72(47)48-21-23-53(73)65-57(48)74/h8-20,22,33-35,38-40,43,48,50,54-56H,21,23-32,36-37H2,1-7H3,(H,66,75)(H,67,80)(H,65,73,74)/t39-,43-,48?,50-,54-,55+,56-,84?/m0/s1. The van der Waals surface area contributed by atoms with E-state index in [9.17, 15) is 28.5 Å². The maximum Gasteiger partial charge on any atom is 0.355 e. The van der Waals surface area contributed by atoms with Crippen molar-refractivity contribution in [2.75, 3.05) is 39.3 Å². The molecule has 6 aromatic rings. The summed E-state index contributed by atoms with van der Waals surface area (Å²) in [5, 5.41) is 8.52. The normalized spacial score (nSPS) is 21.8. The van der Waals surface area contributed by atoms with E-state index in [0.717, 1.165) is 54.8 Å². The van der Waals surface area contributed by atoms with Crippen molar-refractivity contribution in [3.8, 4) is 5.75 Å². The molecule has 0 radical (unpaired) electrons. The van der Waals surface area contributed by atoms with E-state index in [1.807, 2.05) is 74.2 Å². The van der Waals surface area contributed by atoms with Gasteiger partial charge in [-0.25, -0.2) is 14.3 Å². The van der Waals surface area contributed by atoms with Crippen LogP contribution in [0.3, 0.4) is 0 Å². The van der Waals surface area contributed by atoms with Gasteiger partial charge in [0.2, 0.25) is 29.5 Å². The minimum Gasteiger partial charge on any atom is -0.462 e. The van der Waals surface area contributed by atoms with Crippen LogP contribution in [0.2, 0.25) is 0 Å². The Morgan fingerprint density at radius 3 is 2.27 bits per heavy atom. The molecule has 2 aromatic heterocycles. The number of imidazole rings is 1. The van der Waals surface area contributed by atoms with E-state index < -0.39 is 66.9 Å². The van der Waals surface area contributed by atoms with Gasteiger partial charge in [0.15, 0.2) is 0 Å². The van der Waals surface area contributed by atoms with E-state index in [1.165, 1.54) is 35.8 Å². The molecule has 2 unspecified atom stereocenters. The lowest BCUT2D eigenvalue weighted by molar-refractivity contribution is -0.152. The van der Waals surface area contributed by atoms with Crippen molar-refractivity contribution in [3.05, 3.63) is 135 Å². The number of benzene rings is 4. The van der Waals surface area contributed by atoms with E-state index in [1.54, 1.807) is 60.7 Å². The number of rotatable bonds is 18. The van der Waals surface area contributed by atoms with Crippen LogP contribution in [0.1, 0.15) is 124 Å². The van der Waals surface area contributed by atoms with Gasteiger partial charge in [0.1, 0.15) is 36.0 Å². The molecule has 19 nitrogen and oxygen atoms in total. The van der Waals surface area contributed by atoms with Crippen molar-refractivity contribution in [1.82, 2.24) is 39.6 Å². The second-order valence-corrected chi connectivity index (χ2v) is 27.6. The minimum absolute atomic E-state index is 0.0120. The molecule has 0 spiro atoms. The summed E-state index contributed by atoms with van der Waals surface area (Å²) >= 11 is 1.16. The fourth-order valence-corrected chi connectivity index (χ4v) is 15.2. The average molecular weight is 1200 g/mol. The van der Waals surface area contributed by atoms with Gasteiger partial charge in [-0.2, -0.15) is 0 Å². The molecule has 4 aromatic carbocycles. The first-order valence-corrected chi connectivity index (χ1v) is 31.9. The van der Waals surface area contributed by atoms with Gasteiger partial charge in [-0.3, -0.25) is 52.7 Å². The first-order chi connectivity index (χ1) is 40.5. The third kappa shape index (κ3) is 13.5. The lowest BCUT2D eigenvalue weighted by atomic mass is 9.82. The second kappa shape index (κ2) is 25.5. The quantitative estimate of drug-likeness (QED) is 0.0416. The van der Waals surface area contributed by atoms with E-state index in [-0.39, 0.29) is 70.4 Å². The number of aromatic nitrogens is 2. The number of para-hydroxylation sites is 1. The maximum absolute atomic E-state index is 16.9. The Morgan fingerprint density at radius 1 is 0.859 bits per heavy atom. The summed E-state index contributed by atoms with van der Waals surface area (Å²) in [6.07, 6.45) is 2.69. The molecule has 8 atom stereocenters. The molecule has 10 rings (SSSR count). The number of thiophene rings is 1. The number of morpholine rings is 1. The highest BCUT2D eigenvalue weighted by atomic mass is 32.1. The summed E-state index contributed by atoms with van der Waals surface area (Å²) in [7, 11) is -2.84. The SMILES string of the molecule is CC(C)OC(=O)[C@H](C)NP(=O)(Oc1ccccc1)[C@H](F)c1ccc2sc(C(=O)N[C@H](C(=O)N3CC[C@@H](CC4CCN(Cc5ccc6c(c5)n(C)c(=O)n6C5CCC(=O)NC5=O)CC4)[C@H]3C(=O)N3CCO[C@H](c4ccccc4)C3)C(C)(C)C)cc2c1. The maximum atomic E-state index is 16.9. The number of carbonyl (C=O) groups is 6. The van der Waals surface area contributed by atoms with Crippen LogP contribution in [0, 0.1) is 17.3 Å². The molecule has 4 saturated heterocycles. The fourth-order valence-electron chi connectivity index (χ4n) is 12.4. The van der Waals surface area contributed by atoms with Crippen molar-refractivity contribution in [2.45, 2.75) is 129 Å². The van der Waals surface area contributed by atoms with Crippen LogP contribution < -0.4 is 25.9 Å². The highest BCUT2D eigenvalue weighted by molar-refractivity contribution is 7.57. The number of esters is 1. The predicted molar refractivity (Wildman–Crippen MR) is 321 cm³/mol. The molecule has 6 heterocycles. The number of amides is 5. The summed E-state index contributed by atoms with van der Waals surface area (Å²) in [5.41, 5.74) is 2.19. The molecule has 3 N–H and O–H groups in total. The number of likely N-dealkylation sites (tertiary alicyclic amines) is 2. The Labute approximate surface area is 498 Å². The number of aryl methyl sites for hydroxylation is 1. The number of alkyl halides is 1. The van der Waals surface area contributed by atoms with Gasteiger partial charge in [0.25, 0.3) is 5.91 Å². The van der Waals surface area contributed by atoms with Crippen molar-refractivity contribution in [1.29, 1.82) is 0 Å². The number of piperidine rings is 2. The summed E-state index contributed by atoms with van der Waals surface area (Å²) in [6.45, 7) is 14.0. The minimum atomic E-state index is -4.53.